The second-order valence-corrected chi connectivity index (χ2v) is 6.07. The van der Waals surface area contributed by atoms with Crippen molar-refractivity contribution < 1.29 is 10.0 Å². The van der Waals surface area contributed by atoms with Crippen LogP contribution in [-0.2, 0) is 0 Å². The van der Waals surface area contributed by atoms with Crippen LogP contribution >= 0.6 is 11.3 Å². The van der Waals surface area contributed by atoms with E-state index in [2.05, 4.69) is 5.16 Å². The molecule has 0 bridgehead atoms. The van der Waals surface area contributed by atoms with Crippen molar-refractivity contribution in [2.24, 2.45) is 5.16 Å². The van der Waals surface area contributed by atoms with Crippen molar-refractivity contribution in [3.8, 4) is 11.1 Å². The molecule has 3 nitrogen and oxygen atoms in total. The predicted octanol–water partition coefficient (Wildman–Crippen LogP) is 4.78. The molecule has 4 heteroatoms. The highest BCUT2D eigenvalue weighted by atomic mass is 32.1. The lowest BCUT2D eigenvalue weighted by Crippen LogP contribution is -2.16. The van der Waals surface area contributed by atoms with Crippen LogP contribution in [0.3, 0.4) is 0 Å². The van der Waals surface area contributed by atoms with E-state index in [4.69, 9.17) is 0 Å². The lowest BCUT2D eigenvalue weighted by atomic mass is 10.00. The Kier molecular flexibility index (Phi) is 4.35. The number of carbonyl (C=O) groups excluding carboxylic acids is 1. The largest absolute Gasteiger partial charge is 0.410 e. The first-order valence-corrected chi connectivity index (χ1v) is 8.05. The fraction of sp³-hybridized carbons (Fsp3) is 0.0526. The second kappa shape index (κ2) is 6.58. The highest BCUT2D eigenvalue weighted by Crippen LogP contribution is 2.26. The molecule has 0 aliphatic rings. The maximum absolute atomic E-state index is 12.7. The van der Waals surface area contributed by atoms with E-state index in [1.165, 1.54) is 11.3 Å². The molecule has 0 amide bonds. The average molecular weight is 321 g/mol. The van der Waals surface area contributed by atoms with Gasteiger partial charge in [0.25, 0.3) is 0 Å². The Balaban J connectivity index is 1.94. The normalized spacial score (nSPS) is 11.4. The van der Waals surface area contributed by atoms with Gasteiger partial charge in [0.15, 0.2) is 5.71 Å². The van der Waals surface area contributed by atoms with E-state index in [0.29, 0.717) is 10.4 Å². The molecule has 1 N–H and O–H groups in total. The van der Waals surface area contributed by atoms with Crippen LogP contribution < -0.4 is 0 Å². The van der Waals surface area contributed by atoms with Crippen molar-refractivity contribution in [3.63, 3.8) is 0 Å². The van der Waals surface area contributed by atoms with Crippen LogP contribution in [0.1, 0.15) is 20.8 Å². The summed E-state index contributed by atoms with van der Waals surface area (Å²) in [5.74, 6) is -0.269. The Labute approximate surface area is 138 Å². The molecule has 1 heterocycles. The summed E-state index contributed by atoms with van der Waals surface area (Å²) in [5, 5.41) is 14.5. The van der Waals surface area contributed by atoms with E-state index in [1.807, 2.05) is 66.9 Å². The Hall–Kier alpha value is -2.72. The number of carbonyl (C=O) groups is 1. The minimum Gasteiger partial charge on any atom is -0.410 e. The van der Waals surface area contributed by atoms with Gasteiger partial charge in [-0.2, -0.15) is 0 Å². The molecular formula is C19H15NO2S. The fourth-order valence-corrected chi connectivity index (χ4v) is 3.27. The number of nitrogens with zero attached hydrogens (tertiary/aromatic N) is 1. The topological polar surface area (TPSA) is 49.7 Å². The standard InChI is InChI=1S/C19H15NO2S/c1-13-7-5-6-10-16(13)18(20-22)19(21)17-11-15(12-23-17)14-8-3-2-4-9-14/h2-12,22H,1H3. The van der Waals surface area contributed by atoms with Crippen molar-refractivity contribution in [2.75, 3.05) is 0 Å². The molecule has 0 saturated carbocycles. The summed E-state index contributed by atoms with van der Waals surface area (Å²) >= 11 is 1.36. The molecule has 0 radical (unpaired) electrons. The SMILES string of the molecule is Cc1ccccc1C(=NO)C(=O)c1cc(-c2ccccc2)cs1. The Morgan fingerprint density at radius 2 is 1.70 bits per heavy atom. The third-order valence-corrected chi connectivity index (χ3v) is 4.57. The van der Waals surface area contributed by atoms with Crippen LogP contribution in [-0.4, -0.2) is 16.7 Å². The lowest BCUT2D eigenvalue weighted by Gasteiger charge is -2.05. The maximum Gasteiger partial charge on any atom is 0.225 e. The van der Waals surface area contributed by atoms with Gasteiger partial charge in [-0.3, -0.25) is 4.79 Å². The Morgan fingerprint density at radius 1 is 1.00 bits per heavy atom. The van der Waals surface area contributed by atoms with Gasteiger partial charge in [-0.15, -0.1) is 11.3 Å². The van der Waals surface area contributed by atoms with E-state index in [9.17, 15) is 10.0 Å². The zero-order valence-electron chi connectivity index (χ0n) is 12.6. The quantitative estimate of drug-likeness (QED) is 0.325. The van der Waals surface area contributed by atoms with Crippen molar-refractivity contribution >= 4 is 22.8 Å². The fourth-order valence-electron chi connectivity index (χ4n) is 2.41. The van der Waals surface area contributed by atoms with Crippen LogP contribution in [0.2, 0.25) is 0 Å². The highest BCUT2D eigenvalue weighted by molar-refractivity contribution is 7.13. The minimum atomic E-state index is -0.269. The first kappa shape index (κ1) is 15.2. The van der Waals surface area contributed by atoms with Gasteiger partial charge in [0, 0.05) is 5.56 Å². The van der Waals surface area contributed by atoms with E-state index in [-0.39, 0.29) is 11.5 Å². The molecule has 114 valence electrons. The number of thiophene rings is 1. The summed E-state index contributed by atoms with van der Waals surface area (Å²) in [5.41, 5.74) is 3.66. The summed E-state index contributed by atoms with van der Waals surface area (Å²) in [6, 6.07) is 19.1. The molecule has 2 aromatic carbocycles. The number of oxime groups is 1. The Bertz CT molecular complexity index is 866. The van der Waals surface area contributed by atoms with E-state index < -0.39 is 0 Å². The predicted molar refractivity (Wildman–Crippen MR) is 93.6 cm³/mol. The number of benzene rings is 2. The highest BCUT2D eigenvalue weighted by Gasteiger charge is 2.20. The van der Waals surface area contributed by atoms with Gasteiger partial charge in [-0.05, 0) is 35.1 Å². The molecule has 0 aliphatic carbocycles. The molecule has 0 unspecified atom stereocenters. The van der Waals surface area contributed by atoms with Crippen molar-refractivity contribution in [1.82, 2.24) is 0 Å². The third kappa shape index (κ3) is 3.07. The molecule has 0 spiro atoms. The van der Waals surface area contributed by atoms with Gasteiger partial charge in [0.2, 0.25) is 5.78 Å². The number of aryl methyl sites for hydroxylation is 1. The van der Waals surface area contributed by atoms with Crippen molar-refractivity contribution in [2.45, 2.75) is 6.92 Å². The summed E-state index contributed by atoms with van der Waals surface area (Å²) < 4.78 is 0. The number of hydrogen-bond acceptors (Lipinski definition) is 4. The first-order valence-electron chi connectivity index (χ1n) is 7.17. The van der Waals surface area contributed by atoms with Gasteiger partial charge < -0.3 is 5.21 Å². The van der Waals surface area contributed by atoms with E-state index >= 15 is 0 Å². The number of ketones is 1. The van der Waals surface area contributed by atoms with Gasteiger partial charge in [0.1, 0.15) is 0 Å². The molecule has 1 aromatic heterocycles. The number of rotatable bonds is 4. The molecule has 0 saturated heterocycles. The van der Waals surface area contributed by atoms with E-state index in [0.717, 1.165) is 16.7 Å². The zero-order valence-corrected chi connectivity index (χ0v) is 13.4. The van der Waals surface area contributed by atoms with E-state index in [1.54, 1.807) is 6.07 Å². The number of hydrogen-bond donors (Lipinski definition) is 1. The molecule has 0 atom stereocenters. The van der Waals surface area contributed by atoms with Crippen LogP contribution in [0.25, 0.3) is 11.1 Å². The zero-order chi connectivity index (χ0) is 16.2. The smallest absolute Gasteiger partial charge is 0.225 e. The van der Waals surface area contributed by atoms with Crippen LogP contribution in [0.4, 0.5) is 0 Å². The molecule has 0 aliphatic heterocycles. The summed E-state index contributed by atoms with van der Waals surface area (Å²) in [4.78, 5) is 13.2. The van der Waals surface area contributed by atoms with Crippen molar-refractivity contribution in [3.05, 3.63) is 82.0 Å². The molecular weight excluding hydrogens is 306 g/mol. The Morgan fingerprint density at radius 3 is 2.39 bits per heavy atom. The van der Waals surface area contributed by atoms with Crippen LogP contribution in [0.15, 0.2) is 71.2 Å². The molecule has 3 rings (SSSR count). The van der Waals surface area contributed by atoms with Gasteiger partial charge >= 0.3 is 0 Å². The van der Waals surface area contributed by atoms with Crippen LogP contribution in [0, 0.1) is 6.92 Å². The lowest BCUT2D eigenvalue weighted by molar-refractivity contribution is 0.106. The number of Topliss-reactive ketones (excluding diaryl/α,β-unsaturated/α-hetero) is 1. The first-order chi connectivity index (χ1) is 11.2. The summed E-state index contributed by atoms with van der Waals surface area (Å²) in [7, 11) is 0. The monoisotopic (exact) mass is 321 g/mol. The van der Waals surface area contributed by atoms with Gasteiger partial charge in [0.05, 0.1) is 4.88 Å². The summed E-state index contributed by atoms with van der Waals surface area (Å²) in [6.07, 6.45) is 0. The second-order valence-electron chi connectivity index (χ2n) is 5.16. The molecule has 23 heavy (non-hydrogen) atoms. The average Bonchev–Trinajstić information content (AvgIpc) is 3.08. The molecule has 0 fully saturated rings. The third-order valence-electron chi connectivity index (χ3n) is 3.65. The minimum absolute atomic E-state index is 0.0737. The maximum atomic E-state index is 12.7. The summed E-state index contributed by atoms with van der Waals surface area (Å²) in [6.45, 7) is 1.89. The van der Waals surface area contributed by atoms with Gasteiger partial charge in [-0.1, -0.05) is 59.8 Å². The molecule has 3 aromatic rings. The van der Waals surface area contributed by atoms with Crippen LogP contribution in [0.5, 0.6) is 0 Å². The van der Waals surface area contributed by atoms with Gasteiger partial charge in [-0.25, -0.2) is 0 Å². The van der Waals surface area contributed by atoms with Crippen molar-refractivity contribution in [1.29, 1.82) is 0 Å².